The third-order valence-electron chi connectivity index (χ3n) is 5.49. The fraction of sp³-hybridized carbons (Fsp3) is 0.148. The van der Waals surface area contributed by atoms with Gasteiger partial charge in [0.05, 0.1) is 36.1 Å². The third-order valence-corrected chi connectivity index (χ3v) is 7.49. The molecule has 1 aliphatic heterocycles. The van der Waals surface area contributed by atoms with Crippen molar-refractivity contribution in [2.45, 2.75) is 17.7 Å². The monoisotopic (exact) mass is 501 g/mol. The van der Waals surface area contributed by atoms with Crippen LogP contribution in [0.5, 0.6) is 5.75 Å². The summed E-state index contributed by atoms with van der Waals surface area (Å²) in [5.74, 6) is -0.378. The number of benzene rings is 2. The fourth-order valence-corrected chi connectivity index (χ4v) is 5.63. The van der Waals surface area contributed by atoms with Gasteiger partial charge >= 0.3 is 0 Å². The van der Waals surface area contributed by atoms with Crippen LogP contribution in [-0.2, 0) is 9.59 Å². The molecule has 2 N–H and O–H groups in total. The van der Waals surface area contributed by atoms with Gasteiger partial charge in [-0.15, -0.1) is 23.1 Å². The van der Waals surface area contributed by atoms with Crippen LogP contribution >= 0.6 is 23.1 Å². The van der Waals surface area contributed by atoms with Crippen LogP contribution in [0.4, 0.5) is 5.69 Å². The Morgan fingerprint density at radius 1 is 1.11 bits per heavy atom. The topological polar surface area (TPSA) is 91.2 Å². The lowest BCUT2D eigenvalue weighted by molar-refractivity contribution is -0.114. The van der Waals surface area contributed by atoms with E-state index >= 15 is 0 Å². The highest BCUT2D eigenvalue weighted by Gasteiger charge is 2.36. The zero-order valence-corrected chi connectivity index (χ0v) is 20.8. The van der Waals surface area contributed by atoms with E-state index in [1.165, 1.54) is 23.1 Å². The fourth-order valence-electron chi connectivity index (χ4n) is 3.88. The Morgan fingerprint density at radius 2 is 1.86 bits per heavy atom. The minimum atomic E-state index is -0.639. The molecule has 176 valence electrons. The lowest BCUT2D eigenvalue weighted by Gasteiger charge is -2.28. The van der Waals surface area contributed by atoms with Gasteiger partial charge in [0, 0.05) is 26.7 Å². The number of anilines is 1. The summed E-state index contributed by atoms with van der Waals surface area (Å²) in [5, 5.41) is 18.0. The number of amides is 1. The van der Waals surface area contributed by atoms with E-state index in [-0.39, 0.29) is 28.7 Å². The van der Waals surface area contributed by atoms with E-state index in [2.05, 4.69) is 16.7 Å². The number of ether oxygens (including phenoxy) is 1. The van der Waals surface area contributed by atoms with Crippen molar-refractivity contribution in [1.82, 2.24) is 5.32 Å². The number of dihydropyridines is 1. The van der Waals surface area contributed by atoms with E-state index in [1.807, 2.05) is 60.0 Å². The molecule has 2 aromatic carbocycles. The van der Waals surface area contributed by atoms with Crippen LogP contribution in [-0.4, -0.2) is 24.6 Å². The van der Waals surface area contributed by atoms with Gasteiger partial charge < -0.3 is 15.4 Å². The molecule has 0 spiro atoms. The molecule has 1 atom stereocenters. The first-order chi connectivity index (χ1) is 17.0. The summed E-state index contributed by atoms with van der Waals surface area (Å²) < 4.78 is 5.38. The molecule has 1 unspecified atom stereocenters. The lowest BCUT2D eigenvalue weighted by Crippen LogP contribution is -2.34. The first-order valence-electron chi connectivity index (χ1n) is 10.8. The summed E-state index contributed by atoms with van der Waals surface area (Å²) in [6.45, 7) is 1.76. The van der Waals surface area contributed by atoms with Gasteiger partial charge in [-0.2, -0.15) is 5.26 Å². The van der Waals surface area contributed by atoms with E-state index in [9.17, 15) is 14.9 Å². The molecule has 35 heavy (non-hydrogen) atoms. The first-order valence-corrected chi connectivity index (χ1v) is 12.7. The zero-order valence-electron chi connectivity index (χ0n) is 19.2. The SMILES string of the molecule is COc1ccccc1SCC(=O)C1=C(C#N)C(c2cccs2)C(C(=O)Nc2ccccc2)=C(C)N1. The Balaban J connectivity index is 1.66. The number of hydrogen-bond donors (Lipinski definition) is 2. The van der Waals surface area contributed by atoms with Crippen LogP contribution in [0, 0.1) is 11.3 Å². The predicted octanol–water partition coefficient (Wildman–Crippen LogP) is 5.50. The standard InChI is InChI=1S/C27H23N3O3S2/c1-17-24(27(32)30-18-9-4-3-5-10-18)25(23-13-8-14-34-23)19(15-28)26(29-17)20(31)16-35-22-12-7-6-11-21(22)33-2/h3-14,25,29H,16H2,1-2H3,(H,30,32). The normalized spacial score (nSPS) is 15.3. The number of thioether (sulfide) groups is 1. The Labute approximate surface area is 212 Å². The van der Waals surface area contributed by atoms with Gasteiger partial charge in [-0.1, -0.05) is 36.4 Å². The number of para-hydroxylation sites is 2. The maximum absolute atomic E-state index is 13.4. The molecule has 2 heterocycles. The summed E-state index contributed by atoms with van der Waals surface area (Å²) in [7, 11) is 1.59. The second-order valence-electron chi connectivity index (χ2n) is 7.70. The van der Waals surface area contributed by atoms with Crippen LogP contribution in [0.2, 0.25) is 0 Å². The Morgan fingerprint density at radius 3 is 2.54 bits per heavy atom. The number of rotatable bonds is 8. The molecule has 1 amide bonds. The van der Waals surface area contributed by atoms with Gasteiger partial charge in [-0.3, -0.25) is 9.59 Å². The molecule has 1 aromatic heterocycles. The number of carbonyl (C=O) groups is 2. The summed E-state index contributed by atoms with van der Waals surface area (Å²) in [4.78, 5) is 28.3. The number of ketones is 1. The third kappa shape index (κ3) is 5.32. The summed E-state index contributed by atoms with van der Waals surface area (Å²) >= 11 is 2.79. The minimum Gasteiger partial charge on any atom is -0.496 e. The molecule has 0 fully saturated rings. The molecule has 6 nitrogen and oxygen atoms in total. The van der Waals surface area contributed by atoms with Gasteiger partial charge in [-0.05, 0) is 42.6 Å². The van der Waals surface area contributed by atoms with Gasteiger partial charge in [0.2, 0.25) is 0 Å². The van der Waals surface area contributed by atoms with Crippen LogP contribution in [0.3, 0.4) is 0 Å². The number of nitriles is 1. The molecule has 1 aliphatic rings. The van der Waals surface area contributed by atoms with E-state index < -0.39 is 5.92 Å². The number of hydrogen-bond acceptors (Lipinski definition) is 7. The van der Waals surface area contributed by atoms with Gasteiger partial charge in [0.15, 0.2) is 5.78 Å². The summed E-state index contributed by atoms with van der Waals surface area (Å²) in [5.41, 5.74) is 2.08. The molecule has 0 radical (unpaired) electrons. The Hall–Kier alpha value is -3.80. The van der Waals surface area contributed by atoms with Crippen molar-refractivity contribution >= 4 is 40.5 Å². The average Bonchev–Trinajstić information content (AvgIpc) is 3.42. The first kappa shape index (κ1) is 24.3. The van der Waals surface area contributed by atoms with Gasteiger partial charge in [0.1, 0.15) is 5.75 Å². The summed E-state index contributed by atoms with van der Waals surface area (Å²) in [6, 6.07) is 22.6. The van der Waals surface area contributed by atoms with Gasteiger partial charge in [0.25, 0.3) is 5.91 Å². The maximum atomic E-state index is 13.4. The number of Topliss-reactive ketones (excluding diaryl/α,β-unsaturated/α-hetero) is 1. The Bertz CT molecular complexity index is 1340. The van der Waals surface area contributed by atoms with Crippen molar-refractivity contribution in [1.29, 1.82) is 5.26 Å². The van der Waals surface area contributed by atoms with Crippen LogP contribution in [0.1, 0.15) is 17.7 Å². The van der Waals surface area contributed by atoms with Crippen molar-refractivity contribution < 1.29 is 14.3 Å². The van der Waals surface area contributed by atoms with Crippen molar-refractivity contribution in [2.24, 2.45) is 0 Å². The quantitative estimate of drug-likeness (QED) is 0.396. The zero-order chi connectivity index (χ0) is 24.8. The van der Waals surface area contributed by atoms with Crippen molar-refractivity contribution in [2.75, 3.05) is 18.2 Å². The van der Waals surface area contributed by atoms with Crippen LogP contribution in [0.15, 0.2) is 99.5 Å². The molecule has 4 rings (SSSR count). The number of nitrogens with one attached hydrogen (secondary N) is 2. The van der Waals surface area contributed by atoms with E-state index in [4.69, 9.17) is 4.74 Å². The summed E-state index contributed by atoms with van der Waals surface area (Å²) in [6.07, 6.45) is 0. The second-order valence-corrected chi connectivity index (χ2v) is 9.69. The number of thiophene rings is 1. The van der Waals surface area contributed by atoms with Crippen LogP contribution in [0.25, 0.3) is 0 Å². The molecule has 0 saturated carbocycles. The molecule has 0 aliphatic carbocycles. The smallest absolute Gasteiger partial charge is 0.254 e. The van der Waals surface area contributed by atoms with Crippen molar-refractivity contribution in [3.8, 4) is 11.8 Å². The second kappa shape index (κ2) is 11.1. The predicted molar refractivity (Wildman–Crippen MR) is 139 cm³/mol. The molecular formula is C27H23N3O3S2. The number of methoxy groups -OCH3 is 1. The van der Waals surface area contributed by atoms with Crippen molar-refractivity contribution in [3.63, 3.8) is 0 Å². The molecule has 3 aromatic rings. The van der Waals surface area contributed by atoms with E-state index in [1.54, 1.807) is 26.2 Å². The average molecular weight is 502 g/mol. The highest BCUT2D eigenvalue weighted by Crippen LogP contribution is 2.41. The van der Waals surface area contributed by atoms with Crippen molar-refractivity contribution in [3.05, 3.63) is 99.5 Å². The van der Waals surface area contributed by atoms with E-state index in [0.717, 1.165) is 9.77 Å². The maximum Gasteiger partial charge on any atom is 0.254 e. The number of carbonyl (C=O) groups excluding carboxylic acids is 2. The molecule has 8 heteroatoms. The molecule has 0 bridgehead atoms. The Kier molecular flexibility index (Phi) is 7.70. The molecule has 0 saturated heterocycles. The highest BCUT2D eigenvalue weighted by molar-refractivity contribution is 8.00. The largest absolute Gasteiger partial charge is 0.496 e. The number of nitrogens with zero attached hydrogens (tertiary/aromatic N) is 1. The lowest BCUT2D eigenvalue weighted by atomic mass is 9.83. The van der Waals surface area contributed by atoms with E-state index in [0.29, 0.717) is 22.7 Å². The molecular weight excluding hydrogens is 478 g/mol. The highest BCUT2D eigenvalue weighted by atomic mass is 32.2. The van der Waals surface area contributed by atoms with Gasteiger partial charge in [-0.25, -0.2) is 0 Å². The minimum absolute atomic E-state index is 0.115. The number of allylic oxidation sites excluding steroid dienone is 3. The van der Waals surface area contributed by atoms with Crippen LogP contribution < -0.4 is 15.4 Å².